The fraction of sp³-hybridized carbons (Fsp3) is 0.412. The third kappa shape index (κ3) is 3.95. The molecule has 0 saturated carbocycles. The van der Waals surface area contributed by atoms with Gasteiger partial charge in [-0.3, -0.25) is 0 Å². The summed E-state index contributed by atoms with van der Waals surface area (Å²) in [6, 6.07) is 8.07. The minimum Gasteiger partial charge on any atom is -0.389 e. The van der Waals surface area contributed by atoms with Crippen LogP contribution in [0, 0.1) is 0 Å². The van der Waals surface area contributed by atoms with E-state index in [1.807, 2.05) is 26.2 Å². The average molecular weight is 301 g/mol. The largest absolute Gasteiger partial charge is 0.389 e. The van der Waals surface area contributed by atoms with Crippen molar-refractivity contribution in [3.63, 3.8) is 0 Å². The summed E-state index contributed by atoms with van der Waals surface area (Å²) < 4.78 is 0. The second-order valence-corrected chi connectivity index (χ2v) is 5.91. The zero-order chi connectivity index (χ0) is 16.1. The molecular formula is C17H23N3O2. The van der Waals surface area contributed by atoms with Gasteiger partial charge in [0.2, 0.25) is 0 Å². The van der Waals surface area contributed by atoms with Gasteiger partial charge in [-0.15, -0.1) is 0 Å². The van der Waals surface area contributed by atoms with Crippen LogP contribution < -0.4 is 5.32 Å². The molecule has 1 N–H and O–H groups in total. The van der Waals surface area contributed by atoms with Gasteiger partial charge < -0.3 is 15.1 Å². The molecule has 0 amide bonds. The predicted molar refractivity (Wildman–Crippen MR) is 87.8 cm³/mol. The van der Waals surface area contributed by atoms with E-state index in [2.05, 4.69) is 41.4 Å². The minimum atomic E-state index is -0.416. The van der Waals surface area contributed by atoms with Gasteiger partial charge in [0.15, 0.2) is 0 Å². The lowest BCUT2D eigenvalue weighted by Crippen LogP contribution is -2.24. The quantitative estimate of drug-likeness (QED) is 0.497. The molecule has 0 aromatic heterocycles. The van der Waals surface area contributed by atoms with Crippen LogP contribution in [0.5, 0.6) is 0 Å². The topological polar surface area (TPSA) is 53.9 Å². The lowest BCUT2D eigenvalue weighted by Gasteiger charge is -2.09. The van der Waals surface area contributed by atoms with Crippen LogP contribution in [0.15, 0.2) is 41.2 Å². The highest BCUT2D eigenvalue weighted by Gasteiger charge is 2.26. The van der Waals surface area contributed by atoms with Gasteiger partial charge >= 0.3 is 5.97 Å². The molecule has 0 spiro atoms. The number of hydrogen-bond acceptors (Lipinski definition) is 5. The molecule has 1 heterocycles. The monoisotopic (exact) mass is 301 g/mol. The number of nitrogens with one attached hydrogen (secondary N) is 1. The van der Waals surface area contributed by atoms with Gasteiger partial charge in [0.25, 0.3) is 0 Å². The highest BCUT2D eigenvalue weighted by atomic mass is 16.7. The number of likely N-dealkylation sites (N-methyl/N-ethyl adjacent to an activating group) is 1. The molecule has 1 aromatic carbocycles. The third-order valence-electron chi connectivity index (χ3n) is 3.50. The van der Waals surface area contributed by atoms with E-state index in [4.69, 9.17) is 4.84 Å². The summed E-state index contributed by atoms with van der Waals surface area (Å²) in [4.78, 5) is 18.7. The Labute approximate surface area is 131 Å². The van der Waals surface area contributed by atoms with E-state index in [-0.39, 0.29) is 0 Å². The lowest BCUT2D eigenvalue weighted by atomic mass is 9.98. The molecule has 118 valence electrons. The Bertz CT molecular complexity index is 586. The summed E-state index contributed by atoms with van der Waals surface area (Å²) in [5.41, 5.74) is 3.19. The first kappa shape index (κ1) is 16.2. The van der Waals surface area contributed by atoms with Crippen molar-refractivity contribution >= 4 is 11.7 Å². The van der Waals surface area contributed by atoms with E-state index >= 15 is 0 Å². The molecule has 5 nitrogen and oxygen atoms in total. The SMILES string of the molecule is CC(C)c1ccc(C2=NOC(=O)C2=CNCCN(C)C)cc1. The number of benzene rings is 1. The van der Waals surface area contributed by atoms with Gasteiger partial charge in [-0.1, -0.05) is 43.3 Å². The van der Waals surface area contributed by atoms with E-state index in [0.29, 0.717) is 17.2 Å². The number of nitrogens with zero attached hydrogens (tertiary/aromatic N) is 2. The van der Waals surface area contributed by atoms with Crippen LogP contribution in [0.4, 0.5) is 0 Å². The molecular weight excluding hydrogens is 278 g/mol. The maximum absolute atomic E-state index is 11.8. The standard InChI is InChI=1S/C17H23N3O2/c1-12(2)13-5-7-14(8-6-13)16-15(17(21)22-19-16)11-18-9-10-20(3)4/h5-8,11-12,18H,9-10H2,1-4H3. The van der Waals surface area contributed by atoms with Crippen LogP contribution in [0.3, 0.4) is 0 Å². The first-order valence-electron chi connectivity index (χ1n) is 7.47. The number of oxime groups is 1. The van der Waals surface area contributed by atoms with E-state index < -0.39 is 5.97 Å². The Morgan fingerprint density at radius 1 is 1.27 bits per heavy atom. The molecule has 2 rings (SSSR count). The maximum atomic E-state index is 11.8. The summed E-state index contributed by atoms with van der Waals surface area (Å²) >= 11 is 0. The molecule has 0 unspecified atom stereocenters. The molecule has 1 aromatic rings. The predicted octanol–water partition coefficient (Wildman–Crippen LogP) is 2.11. The van der Waals surface area contributed by atoms with Crippen LogP contribution in [-0.4, -0.2) is 43.8 Å². The first-order chi connectivity index (χ1) is 10.5. The molecule has 1 aliphatic heterocycles. The second-order valence-electron chi connectivity index (χ2n) is 5.91. The van der Waals surface area contributed by atoms with Crippen molar-refractivity contribution in [1.82, 2.24) is 10.2 Å². The Balaban J connectivity index is 2.11. The smallest absolute Gasteiger partial charge is 0.369 e. The Kier molecular flexibility index (Phi) is 5.33. The normalized spacial score (nSPS) is 16.4. The molecule has 0 aliphatic carbocycles. The third-order valence-corrected chi connectivity index (χ3v) is 3.50. The van der Waals surface area contributed by atoms with E-state index in [9.17, 15) is 4.79 Å². The molecule has 0 fully saturated rings. The molecule has 22 heavy (non-hydrogen) atoms. The van der Waals surface area contributed by atoms with Crippen LogP contribution in [0.25, 0.3) is 0 Å². The van der Waals surface area contributed by atoms with Gasteiger partial charge in [-0.25, -0.2) is 4.79 Å². The van der Waals surface area contributed by atoms with Crippen LogP contribution in [0.1, 0.15) is 30.9 Å². The summed E-state index contributed by atoms with van der Waals surface area (Å²) in [5, 5.41) is 7.04. The van der Waals surface area contributed by atoms with Crippen molar-refractivity contribution in [3.05, 3.63) is 47.2 Å². The second kappa shape index (κ2) is 7.22. The van der Waals surface area contributed by atoms with E-state index in [1.165, 1.54) is 5.56 Å². The number of carbonyl (C=O) groups is 1. The van der Waals surface area contributed by atoms with Crippen molar-refractivity contribution in [2.75, 3.05) is 27.2 Å². The van der Waals surface area contributed by atoms with Crippen molar-refractivity contribution in [1.29, 1.82) is 0 Å². The van der Waals surface area contributed by atoms with E-state index in [1.54, 1.807) is 6.20 Å². The maximum Gasteiger partial charge on any atom is 0.369 e. The fourth-order valence-corrected chi connectivity index (χ4v) is 2.11. The van der Waals surface area contributed by atoms with Crippen LogP contribution in [0.2, 0.25) is 0 Å². The minimum absolute atomic E-state index is 0.416. The summed E-state index contributed by atoms with van der Waals surface area (Å²) in [7, 11) is 4.00. The number of rotatable bonds is 6. The van der Waals surface area contributed by atoms with E-state index in [0.717, 1.165) is 18.7 Å². The summed E-state index contributed by atoms with van der Waals surface area (Å²) in [6.07, 6.45) is 1.69. The Morgan fingerprint density at radius 3 is 2.55 bits per heavy atom. The average Bonchev–Trinajstić information content (AvgIpc) is 2.84. The lowest BCUT2D eigenvalue weighted by molar-refractivity contribution is -0.136. The molecule has 0 atom stereocenters. The van der Waals surface area contributed by atoms with Crippen molar-refractivity contribution in [3.8, 4) is 0 Å². The molecule has 1 aliphatic rings. The van der Waals surface area contributed by atoms with Crippen molar-refractivity contribution in [2.45, 2.75) is 19.8 Å². The highest BCUT2D eigenvalue weighted by molar-refractivity contribution is 6.28. The van der Waals surface area contributed by atoms with Crippen LogP contribution >= 0.6 is 0 Å². The zero-order valence-corrected chi connectivity index (χ0v) is 13.6. The van der Waals surface area contributed by atoms with Gasteiger partial charge in [-0.2, -0.15) is 0 Å². The molecule has 0 saturated heterocycles. The van der Waals surface area contributed by atoms with Gasteiger partial charge in [0, 0.05) is 24.9 Å². The molecule has 5 heteroatoms. The van der Waals surface area contributed by atoms with Gasteiger partial charge in [0.05, 0.1) is 0 Å². The fourth-order valence-electron chi connectivity index (χ4n) is 2.11. The molecule has 0 bridgehead atoms. The van der Waals surface area contributed by atoms with Crippen LogP contribution in [-0.2, 0) is 9.63 Å². The zero-order valence-electron chi connectivity index (χ0n) is 13.6. The van der Waals surface area contributed by atoms with Gasteiger partial charge in [-0.05, 0) is 25.6 Å². The Hall–Kier alpha value is -2.14. The Morgan fingerprint density at radius 2 is 1.95 bits per heavy atom. The van der Waals surface area contributed by atoms with Gasteiger partial charge in [0.1, 0.15) is 11.3 Å². The number of hydrogen-bond donors (Lipinski definition) is 1. The first-order valence-corrected chi connectivity index (χ1v) is 7.47. The highest BCUT2D eigenvalue weighted by Crippen LogP contribution is 2.20. The number of carbonyl (C=O) groups excluding carboxylic acids is 1. The van der Waals surface area contributed by atoms with Crippen molar-refractivity contribution in [2.24, 2.45) is 5.16 Å². The van der Waals surface area contributed by atoms with Crippen molar-refractivity contribution < 1.29 is 9.63 Å². The summed E-state index contributed by atoms with van der Waals surface area (Å²) in [6.45, 7) is 5.93. The molecule has 0 radical (unpaired) electrons. The summed E-state index contributed by atoms with van der Waals surface area (Å²) in [5.74, 6) is 0.0560.